The van der Waals surface area contributed by atoms with Gasteiger partial charge in [-0.2, -0.15) is 0 Å². The Morgan fingerprint density at radius 2 is 1.30 bits per heavy atom. The van der Waals surface area contributed by atoms with E-state index < -0.39 is 0 Å². The number of nitrogen functional groups attached to an aromatic ring is 1. The van der Waals surface area contributed by atoms with Gasteiger partial charge in [-0.3, -0.25) is 0 Å². The van der Waals surface area contributed by atoms with Gasteiger partial charge in [0.05, 0.1) is 11.3 Å². The predicted molar refractivity (Wildman–Crippen MR) is 113 cm³/mol. The minimum Gasteiger partial charge on any atom is -0.383 e. The molecule has 0 fully saturated rings. The molecule has 0 atom stereocenters. The summed E-state index contributed by atoms with van der Waals surface area (Å²) in [6.45, 7) is 0. The van der Waals surface area contributed by atoms with Crippen LogP contribution in [0.25, 0.3) is 11.3 Å². The zero-order valence-corrected chi connectivity index (χ0v) is 16.1. The van der Waals surface area contributed by atoms with Gasteiger partial charge >= 0.3 is 0 Å². The van der Waals surface area contributed by atoms with Gasteiger partial charge in [0.2, 0.25) is 0 Å². The van der Waals surface area contributed by atoms with Crippen molar-refractivity contribution in [2.75, 3.05) is 43.7 Å². The second kappa shape index (κ2) is 7.79. The Hall–Kier alpha value is -3.52. The number of anilines is 3. The van der Waals surface area contributed by atoms with Crippen LogP contribution in [0.5, 0.6) is 0 Å². The van der Waals surface area contributed by atoms with Crippen LogP contribution in [0.3, 0.4) is 0 Å². The average Bonchev–Trinajstić information content (AvgIpc) is 2.67. The SMILES string of the molecule is CN(C)c1ccc(C#Cc2c(N)ncnc2-c2ccc(N(C)C)cc2)cc1. The van der Waals surface area contributed by atoms with Gasteiger partial charge in [-0.1, -0.05) is 24.0 Å². The first-order valence-corrected chi connectivity index (χ1v) is 8.63. The van der Waals surface area contributed by atoms with E-state index in [0.717, 1.165) is 28.2 Å². The quantitative estimate of drug-likeness (QED) is 0.729. The van der Waals surface area contributed by atoms with Gasteiger partial charge in [0, 0.05) is 50.7 Å². The molecule has 0 spiro atoms. The Kier molecular flexibility index (Phi) is 5.28. The molecule has 0 aliphatic carbocycles. The fourth-order valence-electron chi connectivity index (χ4n) is 2.64. The Morgan fingerprint density at radius 1 is 0.741 bits per heavy atom. The summed E-state index contributed by atoms with van der Waals surface area (Å²) in [6, 6.07) is 16.2. The van der Waals surface area contributed by atoms with Gasteiger partial charge in [-0.15, -0.1) is 0 Å². The molecule has 1 heterocycles. The minimum atomic E-state index is 0.383. The molecule has 0 amide bonds. The van der Waals surface area contributed by atoms with Gasteiger partial charge in [0.1, 0.15) is 12.1 Å². The summed E-state index contributed by atoms with van der Waals surface area (Å²) in [6.07, 6.45) is 1.47. The fraction of sp³-hybridized carbons (Fsp3) is 0.182. The molecule has 3 aromatic rings. The number of hydrogen-bond donors (Lipinski definition) is 1. The van der Waals surface area contributed by atoms with Crippen molar-refractivity contribution in [3.63, 3.8) is 0 Å². The summed E-state index contributed by atoms with van der Waals surface area (Å²) in [5, 5.41) is 0. The molecule has 5 nitrogen and oxygen atoms in total. The number of rotatable bonds is 3. The molecule has 136 valence electrons. The highest BCUT2D eigenvalue weighted by Gasteiger charge is 2.10. The summed E-state index contributed by atoms with van der Waals surface area (Å²) in [7, 11) is 8.04. The molecular formula is C22H23N5. The van der Waals surface area contributed by atoms with E-state index in [2.05, 4.69) is 31.6 Å². The van der Waals surface area contributed by atoms with Crippen LogP contribution in [0.2, 0.25) is 0 Å². The molecule has 27 heavy (non-hydrogen) atoms. The number of aromatic nitrogens is 2. The Bertz CT molecular complexity index is 978. The van der Waals surface area contributed by atoms with Crippen molar-refractivity contribution in [2.45, 2.75) is 0 Å². The largest absolute Gasteiger partial charge is 0.383 e. The maximum absolute atomic E-state index is 6.10. The molecule has 0 saturated heterocycles. The molecule has 0 unspecified atom stereocenters. The lowest BCUT2D eigenvalue weighted by Gasteiger charge is -2.13. The van der Waals surface area contributed by atoms with E-state index in [-0.39, 0.29) is 0 Å². The van der Waals surface area contributed by atoms with E-state index in [9.17, 15) is 0 Å². The van der Waals surface area contributed by atoms with Crippen LogP contribution in [0.1, 0.15) is 11.1 Å². The Morgan fingerprint density at radius 3 is 1.85 bits per heavy atom. The van der Waals surface area contributed by atoms with Gasteiger partial charge < -0.3 is 15.5 Å². The fourth-order valence-corrected chi connectivity index (χ4v) is 2.64. The lowest BCUT2D eigenvalue weighted by atomic mass is 10.1. The highest BCUT2D eigenvalue weighted by Crippen LogP contribution is 2.25. The molecule has 0 bridgehead atoms. The Balaban J connectivity index is 1.97. The van der Waals surface area contributed by atoms with Crippen molar-refractivity contribution < 1.29 is 0 Å². The van der Waals surface area contributed by atoms with E-state index in [1.54, 1.807) is 0 Å². The van der Waals surface area contributed by atoms with Gasteiger partial charge in [0.25, 0.3) is 0 Å². The average molecular weight is 357 g/mol. The van der Waals surface area contributed by atoms with Crippen LogP contribution in [0.15, 0.2) is 54.9 Å². The van der Waals surface area contributed by atoms with Gasteiger partial charge in [-0.05, 0) is 36.4 Å². The zero-order chi connectivity index (χ0) is 19.4. The Labute approximate surface area is 160 Å². The maximum Gasteiger partial charge on any atom is 0.143 e. The van der Waals surface area contributed by atoms with E-state index >= 15 is 0 Å². The van der Waals surface area contributed by atoms with E-state index in [0.29, 0.717) is 11.4 Å². The molecule has 1 aromatic heterocycles. The lowest BCUT2D eigenvalue weighted by molar-refractivity contribution is 1.13. The number of hydrogen-bond acceptors (Lipinski definition) is 5. The molecular weight excluding hydrogens is 334 g/mol. The predicted octanol–water partition coefficient (Wildman–Crippen LogP) is 3.26. The minimum absolute atomic E-state index is 0.383. The second-order valence-electron chi connectivity index (χ2n) is 6.62. The molecule has 0 radical (unpaired) electrons. The monoisotopic (exact) mass is 357 g/mol. The van der Waals surface area contributed by atoms with E-state index in [1.165, 1.54) is 6.33 Å². The number of nitrogens with two attached hydrogens (primary N) is 1. The van der Waals surface area contributed by atoms with Crippen LogP contribution in [0.4, 0.5) is 17.2 Å². The molecule has 0 aliphatic heterocycles. The molecule has 0 saturated carbocycles. The van der Waals surface area contributed by atoms with Crippen molar-refractivity contribution in [1.29, 1.82) is 0 Å². The van der Waals surface area contributed by atoms with Crippen LogP contribution >= 0.6 is 0 Å². The second-order valence-corrected chi connectivity index (χ2v) is 6.62. The first-order valence-electron chi connectivity index (χ1n) is 8.63. The topological polar surface area (TPSA) is 58.3 Å². The normalized spacial score (nSPS) is 10.1. The van der Waals surface area contributed by atoms with Crippen molar-refractivity contribution in [3.8, 4) is 23.1 Å². The first-order chi connectivity index (χ1) is 13.0. The van der Waals surface area contributed by atoms with Crippen LogP contribution in [-0.4, -0.2) is 38.2 Å². The molecule has 5 heteroatoms. The van der Waals surface area contributed by atoms with E-state index in [4.69, 9.17) is 5.73 Å². The van der Waals surface area contributed by atoms with E-state index in [1.807, 2.05) is 76.7 Å². The lowest BCUT2D eigenvalue weighted by Crippen LogP contribution is -2.08. The van der Waals surface area contributed by atoms with Crippen molar-refractivity contribution >= 4 is 17.2 Å². The summed E-state index contributed by atoms with van der Waals surface area (Å²) < 4.78 is 0. The standard InChI is InChI=1S/C22H23N5/c1-26(2)18-10-5-16(6-11-18)7-14-20-21(24-15-25-22(20)23)17-8-12-19(13-9-17)27(3)4/h5-6,8-13,15H,1-4H3,(H2,23,24,25). The smallest absolute Gasteiger partial charge is 0.143 e. The highest BCUT2D eigenvalue weighted by molar-refractivity contribution is 5.74. The summed E-state index contributed by atoms with van der Waals surface area (Å²) in [5.41, 5.74) is 11.6. The van der Waals surface area contributed by atoms with Crippen LogP contribution in [0, 0.1) is 11.8 Å². The summed E-state index contributed by atoms with van der Waals surface area (Å²) >= 11 is 0. The summed E-state index contributed by atoms with van der Waals surface area (Å²) in [4.78, 5) is 12.6. The van der Waals surface area contributed by atoms with Crippen LogP contribution < -0.4 is 15.5 Å². The number of benzene rings is 2. The molecule has 2 N–H and O–H groups in total. The maximum atomic E-state index is 6.10. The van der Waals surface area contributed by atoms with Crippen molar-refractivity contribution in [3.05, 3.63) is 66.0 Å². The van der Waals surface area contributed by atoms with Gasteiger partial charge in [0.15, 0.2) is 0 Å². The van der Waals surface area contributed by atoms with Crippen molar-refractivity contribution in [2.24, 2.45) is 0 Å². The first kappa shape index (κ1) is 18.3. The van der Waals surface area contributed by atoms with Gasteiger partial charge in [-0.25, -0.2) is 9.97 Å². The molecule has 0 aliphatic rings. The molecule has 2 aromatic carbocycles. The van der Waals surface area contributed by atoms with Crippen molar-refractivity contribution in [1.82, 2.24) is 9.97 Å². The van der Waals surface area contributed by atoms with Crippen LogP contribution in [-0.2, 0) is 0 Å². The third-order valence-corrected chi connectivity index (χ3v) is 4.25. The third kappa shape index (κ3) is 4.18. The summed E-state index contributed by atoms with van der Waals surface area (Å²) in [5.74, 6) is 6.71. The third-order valence-electron chi connectivity index (χ3n) is 4.25. The molecule has 3 rings (SSSR count). The highest BCUT2D eigenvalue weighted by atomic mass is 15.1. The number of nitrogens with zero attached hydrogens (tertiary/aromatic N) is 4. The zero-order valence-electron chi connectivity index (χ0n) is 16.1.